The molecule has 0 saturated carbocycles. The second kappa shape index (κ2) is 7.92. The summed E-state index contributed by atoms with van der Waals surface area (Å²) < 4.78 is 23.2. The molecule has 6 heteroatoms. The summed E-state index contributed by atoms with van der Waals surface area (Å²) in [4.78, 5) is 3.77. The summed E-state index contributed by atoms with van der Waals surface area (Å²) >= 11 is 0.834. The first-order valence-corrected chi connectivity index (χ1v) is 6.35. The summed E-state index contributed by atoms with van der Waals surface area (Å²) in [6.07, 6.45) is 0. The minimum Gasteiger partial charge on any atom is -0.195 e. The zero-order valence-corrected chi connectivity index (χ0v) is 9.46. The summed E-state index contributed by atoms with van der Waals surface area (Å²) in [7, 11) is 0. The molecule has 4 nitrogen and oxygen atoms in total. The Labute approximate surface area is 85.8 Å². The maximum absolute atomic E-state index is 8.81. The Kier molecular flexibility index (Phi) is 7.49. The van der Waals surface area contributed by atoms with Gasteiger partial charge in [0.05, 0.1) is 10.8 Å². The predicted octanol–water partition coefficient (Wildman–Crippen LogP) is 0.540. The van der Waals surface area contributed by atoms with Crippen LogP contribution in [0.2, 0.25) is 0 Å². The van der Waals surface area contributed by atoms with Crippen molar-refractivity contribution in [3.8, 4) is 0 Å². The van der Waals surface area contributed by atoms with Gasteiger partial charge in [-0.25, -0.2) is 0 Å². The Hall–Kier alpha value is -0.702. The van der Waals surface area contributed by atoms with E-state index in [4.69, 9.17) is 11.9 Å². The molecule has 1 rings (SSSR count). The van der Waals surface area contributed by atoms with Gasteiger partial charge >= 0.3 is 27.2 Å². The molecule has 1 aromatic rings. The molecule has 0 heterocycles. The number of aliphatic imine (C=N–C) groups is 1. The van der Waals surface area contributed by atoms with Crippen LogP contribution in [-0.4, -0.2) is 28.6 Å². The minimum absolute atomic E-state index is 0.854. The van der Waals surface area contributed by atoms with E-state index < -0.39 is 15.3 Å². The van der Waals surface area contributed by atoms with Crippen molar-refractivity contribution in [1.29, 1.82) is 0 Å². The summed E-state index contributed by atoms with van der Waals surface area (Å²) in [5.41, 5.74) is 0.854. The molecule has 0 spiro atoms. The molecule has 0 amide bonds. The SMILES string of the molecule is O=[AsH](O)O.S=C=Nc1ccccc1. The zero-order valence-electron chi connectivity index (χ0n) is 6.54. The predicted molar refractivity (Wildman–Crippen MR) is 53.4 cm³/mol. The number of hydrogen-bond acceptors (Lipinski definition) is 3. The van der Waals surface area contributed by atoms with Gasteiger partial charge in [-0.05, 0) is 24.4 Å². The van der Waals surface area contributed by atoms with Gasteiger partial charge in [0, 0.05) is 0 Å². The average molecular weight is 261 g/mol. The number of isothiocyanates is 1. The van der Waals surface area contributed by atoms with Crippen LogP contribution < -0.4 is 0 Å². The normalized spacial score (nSPS) is 8.23. The Morgan fingerprint density at radius 1 is 1.31 bits per heavy atom. The molecule has 2 N–H and O–H groups in total. The van der Waals surface area contributed by atoms with E-state index in [1.807, 2.05) is 30.3 Å². The molecule has 0 radical (unpaired) electrons. The van der Waals surface area contributed by atoms with Crippen LogP contribution in [0.4, 0.5) is 5.69 Å². The quantitative estimate of drug-likeness (QED) is 0.440. The first kappa shape index (κ1) is 12.3. The molecule has 0 saturated heterocycles. The third-order valence-corrected chi connectivity index (χ3v) is 1.02. The van der Waals surface area contributed by atoms with Crippen LogP contribution >= 0.6 is 12.2 Å². The fourth-order valence-electron chi connectivity index (χ4n) is 0.555. The molecule has 1 aromatic carbocycles. The van der Waals surface area contributed by atoms with Gasteiger partial charge in [0.15, 0.2) is 0 Å². The van der Waals surface area contributed by atoms with Crippen molar-refractivity contribution in [3.63, 3.8) is 0 Å². The summed E-state index contributed by atoms with van der Waals surface area (Å²) in [6, 6.07) is 9.50. The number of rotatable bonds is 1. The van der Waals surface area contributed by atoms with Gasteiger partial charge in [0.2, 0.25) is 0 Å². The topological polar surface area (TPSA) is 69.9 Å². The van der Waals surface area contributed by atoms with E-state index in [9.17, 15) is 0 Å². The van der Waals surface area contributed by atoms with E-state index in [0.717, 1.165) is 5.69 Å². The number of nitrogens with zero attached hydrogens (tertiary/aromatic N) is 1. The third kappa shape index (κ3) is 9.21. The van der Waals surface area contributed by atoms with Gasteiger partial charge in [0.25, 0.3) is 0 Å². The Balaban J connectivity index is 0.000000310. The van der Waals surface area contributed by atoms with Crippen LogP contribution in [0.3, 0.4) is 0 Å². The Morgan fingerprint density at radius 2 is 1.77 bits per heavy atom. The van der Waals surface area contributed by atoms with Crippen molar-refractivity contribution >= 4 is 38.3 Å². The maximum atomic E-state index is 8.81. The van der Waals surface area contributed by atoms with Crippen LogP contribution in [0.5, 0.6) is 0 Å². The van der Waals surface area contributed by atoms with Gasteiger partial charge in [-0.2, -0.15) is 4.99 Å². The van der Waals surface area contributed by atoms with Crippen molar-refractivity contribution < 1.29 is 11.9 Å². The summed E-state index contributed by atoms with van der Waals surface area (Å²) in [5, 5.41) is 2.29. The van der Waals surface area contributed by atoms with Crippen molar-refractivity contribution in [2.24, 2.45) is 4.99 Å². The first-order valence-electron chi connectivity index (χ1n) is 3.21. The van der Waals surface area contributed by atoms with Gasteiger partial charge in [0.1, 0.15) is 0 Å². The van der Waals surface area contributed by atoms with Gasteiger partial charge in [-0.1, -0.05) is 18.2 Å². The standard InChI is InChI=1S/C7H5NS.AsH3O3/c9-6-8-7-4-2-1-3-5-7;2-1(3)4/h1-5H;1H,(H2,2,3,4). The van der Waals surface area contributed by atoms with E-state index in [0.29, 0.717) is 0 Å². The van der Waals surface area contributed by atoms with Crippen molar-refractivity contribution in [3.05, 3.63) is 30.3 Å². The summed E-state index contributed by atoms with van der Waals surface area (Å²) in [6.45, 7) is 0. The fourth-order valence-corrected chi connectivity index (χ4v) is 0.661. The number of thiocarbonyl (C=S) groups is 1. The van der Waals surface area contributed by atoms with Crippen molar-refractivity contribution in [2.45, 2.75) is 0 Å². The monoisotopic (exact) mass is 261 g/mol. The van der Waals surface area contributed by atoms with Crippen LogP contribution in [0.25, 0.3) is 0 Å². The van der Waals surface area contributed by atoms with Crippen molar-refractivity contribution in [1.82, 2.24) is 0 Å². The summed E-state index contributed by atoms with van der Waals surface area (Å²) in [5.74, 6) is 0. The molecular weight excluding hydrogens is 253 g/mol. The van der Waals surface area contributed by atoms with Crippen LogP contribution in [0.1, 0.15) is 0 Å². The van der Waals surface area contributed by atoms with E-state index in [1.54, 1.807) is 0 Å². The molecule has 0 unspecified atom stereocenters. The molecule has 0 aliphatic carbocycles. The smallest absolute Gasteiger partial charge is 0.0739 e. The second-order valence-electron chi connectivity index (χ2n) is 1.82. The zero-order chi connectivity index (χ0) is 10.1. The third-order valence-electron chi connectivity index (χ3n) is 0.931. The Bertz CT molecular complexity index is 307. The largest absolute Gasteiger partial charge is 0.195 e. The van der Waals surface area contributed by atoms with Gasteiger partial charge in [-0.15, -0.1) is 0 Å². The second-order valence-corrected chi connectivity index (χ2v) is 3.19. The molecular formula is C7H8AsNO3S. The number of hydrogen-bond donors (Lipinski definition) is 2. The molecule has 0 bridgehead atoms. The van der Waals surface area contributed by atoms with E-state index in [2.05, 4.69) is 22.4 Å². The van der Waals surface area contributed by atoms with Crippen LogP contribution in [-0.2, 0) is 3.74 Å². The van der Waals surface area contributed by atoms with Gasteiger partial charge < -0.3 is 0 Å². The van der Waals surface area contributed by atoms with E-state index in [1.165, 1.54) is 0 Å². The Morgan fingerprint density at radius 3 is 2.15 bits per heavy atom. The number of para-hydroxylation sites is 1. The molecule has 0 fully saturated rings. The first-order chi connectivity index (χ1) is 6.16. The van der Waals surface area contributed by atoms with E-state index >= 15 is 0 Å². The maximum Gasteiger partial charge on any atom is 0.0739 e. The molecule has 0 aromatic heterocycles. The fraction of sp³-hybridized carbons (Fsp3) is 0. The number of benzene rings is 1. The molecule has 70 valence electrons. The average Bonchev–Trinajstić information content (AvgIpc) is 2.06. The molecule has 0 aliphatic heterocycles. The van der Waals surface area contributed by atoms with Crippen LogP contribution in [0, 0.1) is 0 Å². The minimum atomic E-state index is -3.58. The van der Waals surface area contributed by atoms with Crippen molar-refractivity contribution in [2.75, 3.05) is 0 Å². The molecule has 0 atom stereocenters. The van der Waals surface area contributed by atoms with Gasteiger partial charge in [-0.3, -0.25) is 0 Å². The molecule has 13 heavy (non-hydrogen) atoms. The van der Waals surface area contributed by atoms with Crippen LogP contribution in [0.15, 0.2) is 35.3 Å². The van der Waals surface area contributed by atoms with E-state index in [-0.39, 0.29) is 0 Å². The molecule has 0 aliphatic rings.